The van der Waals surface area contributed by atoms with Gasteiger partial charge in [-0.25, -0.2) is 9.18 Å². The van der Waals surface area contributed by atoms with Gasteiger partial charge in [0.25, 0.3) is 5.91 Å². The van der Waals surface area contributed by atoms with Gasteiger partial charge in [-0.1, -0.05) is 35.9 Å². The first-order chi connectivity index (χ1) is 14.3. The standard InChI is InChI=1S/C24H22FN3O2/c1-15-7-9-18(10-8-15)14-27-23(29)22(26-24(27)30)12-19-11-16(2)28(17(19)3)21-6-4-5-20(25)13-21/h4-13H,14H2,1-3H3,(H,26,30)/b22-12+. The highest BCUT2D eigenvalue weighted by molar-refractivity contribution is 6.14. The van der Waals surface area contributed by atoms with Crippen molar-refractivity contribution in [3.8, 4) is 5.69 Å². The highest BCUT2D eigenvalue weighted by Crippen LogP contribution is 2.25. The van der Waals surface area contributed by atoms with Gasteiger partial charge in [0.1, 0.15) is 11.5 Å². The van der Waals surface area contributed by atoms with Crippen LogP contribution in [0.4, 0.5) is 9.18 Å². The van der Waals surface area contributed by atoms with Crippen molar-refractivity contribution in [1.29, 1.82) is 0 Å². The van der Waals surface area contributed by atoms with Gasteiger partial charge in [-0.3, -0.25) is 9.69 Å². The average Bonchev–Trinajstić information content (AvgIpc) is 3.13. The molecule has 1 fully saturated rings. The molecule has 3 aromatic rings. The summed E-state index contributed by atoms with van der Waals surface area (Å²) in [6, 6.07) is 15.5. The first-order valence-corrected chi connectivity index (χ1v) is 9.68. The summed E-state index contributed by atoms with van der Waals surface area (Å²) in [4.78, 5) is 26.4. The van der Waals surface area contributed by atoms with E-state index in [0.29, 0.717) is 5.69 Å². The van der Waals surface area contributed by atoms with E-state index in [1.54, 1.807) is 12.1 Å². The molecule has 3 amide bonds. The SMILES string of the molecule is Cc1ccc(CN2C(=O)N/C(=C/c3cc(C)n(-c4cccc(F)c4)c3C)C2=O)cc1. The summed E-state index contributed by atoms with van der Waals surface area (Å²) >= 11 is 0. The Morgan fingerprint density at radius 3 is 2.43 bits per heavy atom. The van der Waals surface area contributed by atoms with Crippen molar-refractivity contribution in [3.63, 3.8) is 0 Å². The number of imide groups is 1. The number of urea groups is 1. The number of nitrogens with one attached hydrogen (secondary N) is 1. The van der Waals surface area contributed by atoms with Gasteiger partial charge in [-0.2, -0.15) is 0 Å². The zero-order chi connectivity index (χ0) is 21.4. The van der Waals surface area contributed by atoms with Gasteiger partial charge in [0, 0.05) is 17.1 Å². The summed E-state index contributed by atoms with van der Waals surface area (Å²) in [5.74, 6) is -0.680. The van der Waals surface area contributed by atoms with Gasteiger partial charge in [0.15, 0.2) is 0 Å². The molecule has 2 heterocycles. The molecule has 152 valence electrons. The fourth-order valence-corrected chi connectivity index (χ4v) is 3.69. The minimum absolute atomic E-state index is 0.213. The summed E-state index contributed by atoms with van der Waals surface area (Å²) < 4.78 is 15.6. The zero-order valence-corrected chi connectivity index (χ0v) is 17.1. The fourth-order valence-electron chi connectivity index (χ4n) is 3.69. The summed E-state index contributed by atoms with van der Waals surface area (Å²) in [6.45, 7) is 6.01. The Labute approximate surface area is 174 Å². The fraction of sp³-hybridized carbons (Fsp3) is 0.167. The molecule has 6 heteroatoms. The second-order valence-electron chi connectivity index (χ2n) is 7.51. The summed E-state index contributed by atoms with van der Waals surface area (Å²) in [5.41, 5.74) is 5.48. The van der Waals surface area contributed by atoms with Crippen LogP contribution in [-0.4, -0.2) is 21.4 Å². The molecule has 5 nitrogen and oxygen atoms in total. The van der Waals surface area contributed by atoms with Crippen molar-refractivity contribution in [2.45, 2.75) is 27.3 Å². The van der Waals surface area contributed by atoms with Crippen molar-refractivity contribution >= 4 is 18.0 Å². The largest absolute Gasteiger partial charge is 0.329 e. The Kier molecular flexibility index (Phi) is 4.99. The van der Waals surface area contributed by atoms with Crippen molar-refractivity contribution in [1.82, 2.24) is 14.8 Å². The lowest BCUT2D eigenvalue weighted by molar-refractivity contribution is -0.123. The molecule has 1 saturated heterocycles. The van der Waals surface area contributed by atoms with Crippen molar-refractivity contribution in [2.24, 2.45) is 0 Å². The zero-order valence-electron chi connectivity index (χ0n) is 17.1. The molecule has 0 atom stereocenters. The van der Waals surface area contributed by atoms with E-state index < -0.39 is 6.03 Å². The summed E-state index contributed by atoms with van der Waals surface area (Å²) in [5, 5.41) is 2.67. The number of benzene rings is 2. The van der Waals surface area contributed by atoms with E-state index in [4.69, 9.17) is 0 Å². The number of amides is 3. The second kappa shape index (κ2) is 7.63. The van der Waals surface area contributed by atoms with E-state index in [9.17, 15) is 14.0 Å². The average molecular weight is 403 g/mol. The first kappa shape index (κ1) is 19.6. The first-order valence-electron chi connectivity index (χ1n) is 9.68. The molecule has 0 aliphatic carbocycles. The predicted molar refractivity (Wildman–Crippen MR) is 113 cm³/mol. The van der Waals surface area contributed by atoms with Crippen LogP contribution in [0.25, 0.3) is 11.8 Å². The Hall–Kier alpha value is -3.67. The number of halogens is 1. The molecule has 4 rings (SSSR count). The molecular formula is C24H22FN3O2. The number of aryl methyl sites for hydroxylation is 2. The number of carbonyl (C=O) groups is 2. The summed E-state index contributed by atoms with van der Waals surface area (Å²) in [7, 11) is 0. The van der Waals surface area contributed by atoms with Crippen LogP contribution in [0.1, 0.15) is 28.1 Å². The van der Waals surface area contributed by atoms with Gasteiger partial charge < -0.3 is 9.88 Å². The number of rotatable bonds is 4. The highest BCUT2D eigenvalue weighted by atomic mass is 19.1. The lowest BCUT2D eigenvalue weighted by atomic mass is 10.1. The van der Waals surface area contributed by atoms with E-state index in [1.165, 1.54) is 17.0 Å². The number of hydrogen-bond donors (Lipinski definition) is 1. The highest BCUT2D eigenvalue weighted by Gasteiger charge is 2.33. The molecule has 0 unspecified atom stereocenters. The lowest BCUT2D eigenvalue weighted by Crippen LogP contribution is -2.30. The number of hydrogen-bond acceptors (Lipinski definition) is 2. The lowest BCUT2D eigenvalue weighted by Gasteiger charge is -2.11. The second-order valence-corrected chi connectivity index (χ2v) is 7.51. The van der Waals surface area contributed by atoms with E-state index >= 15 is 0 Å². The van der Waals surface area contributed by atoms with Crippen LogP contribution in [0.2, 0.25) is 0 Å². The van der Waals surface area contributed by atoms with Gasteiger partial charge in [-0.15, -0.1) is 0 Å². The van der Waals surface area contributed by atoms with Gasteiger partial charge >= 0.3 is 6.03 Å². The monoisotopic (exact) mass is 403 g/mol. The maximum absolute atomic E-state index is 13.7. The van der Waals surface area contributed by atoms with Gasteiger partial charge in [0.05, 0.1) is 6.54 Å². The molecule has 1 N–H and O–H groups in total. The molecule has 1 aliphatic rings. The van der Waals surface area contributed by atoms with Crippen LogP contribution < -0.4 is 5.32 Å². The molecule has 30 heavy (non-hydrogen) atoms. The van der Waals surface area contributed by atoms with Crippen molar-refractivity contribution in [3.05, 3.63) is 94.2 Å². The maximum Gasteiger partial charge on any atom is 0.329 e. The number of carbonyl (C=O) groups excluding carboxylic acids is 2. The molecule has 1 aliphatic heterocycles. The molecule has 0 saturated carbocycles. The topological polar surface area (TPSA) is 54.3 Å². The molecule has 0 radical (unpaired) electrons. The smallest absolute Gasteiger partial charge is 0.318 e. The Balaban J connectivity index is 1.62. The van der Waals surface area contributed by atoms with Crippen LogP contribution in [0, 0.1) is 26.6 Å². The Morgan fingerprint density at radius 2 is 1.73 bits per heavy atom. The van der Waals surface area contributed by atoms with Crippen molar-refractivity contribution in [2.75, 3.05) is 0 Å². The van der Waals surface area contributed by atoms with Crippen LogP contribution >= 0.6 is 0 Å². The third-order valence-corrected chi connectivity index (χ3v) is 5.26. The Morgan fingerprint density at radius 1 is 1.00 bits per heavy atom. The number of aromatic nitrogens is 1. The normalized spacial score (nSPS) is 15.2. The van der Waals surface area contributed by atoms with Crippen LogP contribution in [0.3, 0.4) is 0 Å². The molecule has 0 bridgehead atoms. The number of nitrogens with zero attached hydrogens (tertiary/aromatic N) is 2. The molecule has 2 aromatic carbocycles. The van der Waals surface area contributed by atoms with E-state index in [0.717, 1.165) is 28.1 Å². The van der Waals surface area contributed by atoms with Gasteiger partial charge in [-0.05, 0) is 62.2 Å². The Bertz CT molecular complexity index is 1180. The summed E-state index contributed by atoms with van der Waals surface area (Å²) in [6.07, 6.45) is 1.67. The third-order valence-electron chi connectivity index (χ3n) is 5.26. The predicted octanol–water partition coefficient (Wildman–Crippen LogP) is 4.63. The van der Waals surface area contributed by atoms with Crippen molar-refractivity contribution < 1.29 is 14.0 Å². The van der Waals surface area contributed by atoms with E-state index in [2.05, 4.69) is 5.32 Å². The quantitative estimate of drug-likeness (QED) is 0.510. The van der Waals surface area contributed by atoms with Crippen LogP contribution in [0.15, 0.2) is 60.3 Å². The van der Waals surface area contributed by atoms with Gasteiger partial charge in [0.2, 0.25) is 0 Å². The third kappa shape index (κ3) is 3.64. The van der Waals surface area contributed by atoms with E-state index in [1.807, 2.05) is 61.7 Å². The molecule has 0 spiro atoms. The molecule has 1 aromatic heterocycles. The maximum atomic E-state index is 13.7. The minimum Gasteiger partial charge on any atom is -0.318 e. The molecular weight excluding hydrogens is 381 g/mol. The van der Waals surface area contributed by atoms with Crippen LogP contribution in [0.5, 0.6) is 0 Å². The van der Waals surface area contributed by atoms with Crippen LogP contribution in [-0.2, 0) is 11.3 Å². The van der Waals surface area contributed by atoms with E-state index in [-0.39, 0.29) is 24.0 Å². The minimum atomic E-state index is -0.439.